The number of aliphatic hydroxyl groups excluding tert-OH is 1. The fourth-order valence-electron chi connectivity index (χ4n) is 2.95. The first kappa shape index (κ1) is 15.4. The predicted octanol–water partition coefficient (Wildman–Crippen LogP) is 2.61. The molecule has 1 fully saturated rings. The van der Waals surface area contributed by atoms with Crippen LogP contribution in [0.1, 0.15) is 57.3 Å². The molecule has 2 aromatic rings. The van der Waals surface area contributed by atoms with Gasteiger partial charge in [-0.05, 0) is 38.0 Å². The van der Waals surface area contributed by atoms with Crippen LogP contribution in [0.3, 0.4) is 0 Å². The quantitative estimate of drug-likeness (QED) is 0.919. The Morgan fingerprint density at radius 1 is 1.36 bits per heavy atom. The van der Waals surface area contributed by atoms with Crippen molar-refractivity contribution in [1.29, 1.82) is 0 Å². The summed E-state index contributed by atoms with van der Waals surface area (Å²) >= 11 is 0. The Morgan fingerprint density at radius 3 is 2.91 bits per heavy atom. The van der Waals surface area contributed by atoms with E-state index in [1.165, 1.54) is 0 Å². The van der Waals surface area contributed by atoms with Gasteiger partial charge in [-0.1, -0.05) is 13.8 Å². The summed E-state index contributed by atoms with van der Waals surface area (Å²) in [6.07, 6.45) is 6.61. The molecule has 2 aromatic heterocycles. The minimum absolute atomic E-state index is 0.0752. The number of aromatic nitrogens is 4. The van der Waals surface area contributed by atoms with Crippen LogP contribution in [0.25, 0.3) is 11.2 Å². The van der Waals surface area contributed by atoms with E-state index in [0.717, 1.165) is 55.6 Å². The minimum Gasteiger partial charge on any atom is -0.388 e. The molecule has 1 atom stereocenters. The maximum absolute atomic E-state index is 9.67. The molecule has 1 aliphatic rings. The Kier molecular flexibility index (Phi) is 4.69. The van der Waals surface area contributed by atoms with Crippen LogP contribution in [0.5, 0.6) is 0 Å². The van der Waals surface area contributed by atoms with Crippen molar-refractivity contribution in [2.24, 2.45) is 5.92 Å². The van der Waals surface area contributed by atoms with E-state index in [0.29, 0.717) is 11.7 Å². The highest BCUT2D eigenvalue weighted by molar-refractivity contribution is 5.74. The first-order valence-electron chi connectivity index (χ1n) is 8.14. The summed E-state index contributed by atoms with van der Waals surface area (Å²) in [6.45, 7) is 5.04. The molecule has 6 nitrogen and oxygen atoms in total. The fraction of sp³-hybridized carbons (Fsp3) is 0.688. The van der Waals surface area contributed by atoms with Gasteiger partial charge in [-0.15, -0.1) is 0 Å². The third kappa shape index (κ3) is 2.98. The smallest absolute Gasteiger partial charge is 0.165 e. The first-order chi connectivity index (χ1) is 10.7. The predicted molar refractivity (Wildman–Crippen MR) is 83.2 cm³/mol. The number of fused-ring (bicyclic) bond motifs is 1. The Morgan fingerprint density at radius 2 is 2.23 bits per heavy atom. The number of ether oxygens (including phenoxy) is 1. The molecule has 6 heteroatoms. The van der Waals surface area contributed by atoms with E-state index in [1.807, 2.05) is 4.57 Å². The Hall–Kier alpha value is -1.53. The third-order valence-electron chi connectivity index (χ3n) is 4.17. The molecule has 3 rings (SSSR count). The maximum Gasteiger partial charge on any atom is 0.165 e. The van der Waals surface area contributed by atoms with Crippen LogP contribution in [0.4, 0.5) is 0 Å². The van der Waals surface area contributed by atoms with E-state index in [9.17, 15) is 5.11 Å². The van der Waals surface area contributed by atoms with E-state index < -0.39 is 0 Å². The topological polar surface area (TPSA) is 73.1 Å². The van der Waals surface area contributed by atoms with Crippen LogP contribution in [0.15, 0.2) is 6.33 Å². The zero-order valence-electron chi connectivity index (χ0n) is 13.3. The van der Waals surface area contributed by atoms with Crippen LogP contribution in [-0.4, -0.2) is 31.2 Å². The van der Waals surface area contributed by atoms with Crippen molar-refractivity contribution < 1.29 is 9.84 Å². The van der Waals surface area contributed by atoms with Gasteiger partial charge in [0, 0.05) is 6.61 Å². The lowest BCUT2D eigenvalue weighted by molar-refractivity contribution is -0.0329. The van der Waals surface area contributed by atoms with Gasteiger partial charge in [0.05, 0.1) is 5.69 Å². The lowest BCUT2D eigenvalue weighted by Gasteiger charge is -2.25. The Labute approximate surface area is 130 Å². The number of imidazole rings is 1. The summed E-state index contributed by atoms with van der Waals surface area (Å²) in [5.41, 5.74) is 2.55. The number of rotatable bonds is 5. The number of hydrogen-bond donors (Lipinski definition) is 1. The van der Waals surface area contributed by atoms with E-state index in [2.05, 4.69) is 28.8 Å². The van der Waals surface area contributed by atoms with Crippen molar-refractivity contribution in [3.8, 4) is 0 Å². The largest absolute Gasteiger partial charge is 0.388 e. The van der Waals surface area contributed by atoms with Crippen LogP contribution in [0.2, 0.25) is 0 Å². The molecule has 0 aromatic carbocycles. The normalized spacial score (nSPS) is 19.2. The zero-order valence-corrected chi connectivity index (χ0v) is 13.3. The second kappa shape index (κ2) is 6.71. The highest BCUT2D eigenvalue weighted by Gasteiger charge is 2.23. The van der Waals surface area contributed by atoms with Gasteiger partial charge in [0.1, 0.15) is 30.5 Å². The number of aryl methyl sites for hydroxylation is 1. The molecule has 0 bridgehead atoms. The molecule has 0 saturated carbocycles. The molecule has 1 N–H and O–H groups in total. The van der Waals surface area contributed by atoms with Crippen molar-refractivity contribution in [1.82, 2.24) is 19.5 Å². The van der Waals surface area contributed by atoms with Gasteiger partial charge < -0.3 is 9.84 Å². The summed E-state index contributed by atoms with van der Waals surface area (Å²) in [4.78, 5) is 13.4. The second-order valence-corrected chi connectivity index (χ2v) is 6.30. The molecule has 1 unspecified atom stereocenters. The molecule has 1 saturated heterocycles. The third-order valence-corrected chi connectivity index (χ3v) is 4.17. The van der Waals surface area contributed by atoms with E-state index in [-0.39, 0.29) is 12.8 Å². The van der Waals surface area contributed by atoms with Crippen molar-refractivity contribution in [2.75, 3.05) is 6.61 Å². The van der Waals surface area contributed by atoms with Crippen molar-refractivity contribution in [2.45, 2.75) is 58.8 Å². The lowest BCUT2D eigenvalue weighted by atomic mass is 10.1. The van der Waals surface area contributed by atoms with E-state index >= 15 is 0 Å². The van der Waals surface area contributed by atoms with Gasteiger partial charge in [0.15, 0.2) is 5.65 Å². The molecule has 0 amide bonds. The molecular weight excluding hydrogens is 280 g/mol. The molecule has 1 aliphatic heterocycles. The van der Waals surface area contributed by atoms with E-state index in [1.54, 1.807) is 6.33 Å². The molecule has 0 spiro atoms. The molecule has 0 aliphatic carbocycles. The van der Waals surface area contributed by atoms with Crippen molar-refractivity contribution in [3.05, 3.63) is 17.8 Å². The van der Waals surface area contributed by atoms with Gasteiger partial charge in [-0.25, -0.2) is 15.0 Å². The first-order valence-corrected chi connectivity index (χ1v) is 8.14. The monoisotopic (exact) mass is 304 g/mol. The summed E-state index contributed by atoms with van der Waals surface area (Å²) in [5.74, 6) is 1.24. The van der Waals surface area contributed by atoms with Gasteiger partial charge in [0.2, 0.25) is 0 Å². The number of nitrogens with zero attached hydrogens (tertiary/aromatic N) is 4. The molecule has 22 heavy (non-hydrogen) atoms. The minimum atomic E-state index is -0.111. The fourth-order valence-corrected chi connectivity index (χ4v) is 2.95. The zero-order chi connectivity index (χ0) is 15.5. The van der Waals surface area contributed by atoms with Gasteiger partial charge in [0.25, 0.3) is 0 Å². The summed E-state index contributed by atoms with van der Waals surface area (Å²) < 4.78 is 7.82. The average molecular weight is 304 g/mol. The van der Waals surface area contributed by atoms with Crippen molar-refractivity contribution >= 4 is 11.2 Å². The highest BCUT2D eigenvalue weighted by atomic mass is 16.5. The Balaban J connectivity index is 2.01. The van der Waals surface area contributed by atoms with Crippen LogP contribution < -0.4 is 0 Å². The molecule has 0 radical (unpaired) electrons. The van der Waals surface area contributed by atoms with Crippen molar-refractivity contribution in [3.63, 3.8) is 0 Å². The summed E-state index contributed by atoms with van der Waals surface area (Å²) in [6, 6.07) is 0. The van der Waals surface area contributed by atoms with Crippen LogP contribution in [-0.2, 0) is 17.8 Å². The maximum atomic E-state index is 9.67. The van der Waals surface area contributed by atoms with E-state index in [4.69, 9.17) is 4.74 Å². The highest BCUT2D eigenvalue weighted by Crippen LogP contribution is 2.29. The molecular formula is C16H24N4O2. The lowest BCUT2D eigenvalue weighted by Crippen LogP contribution is -2.20. The molecule has 3 heterocycles. The molecule has 120 valence electrons. The van der Waals surface area contributed by atoms with Crippen LogP contribution >= 0.6 is 0 Å². The second-order valence-electron chi connectivity index (χ2n) is 6.30. The summed E-state index contributed by atoms with van der Waals surface area (Å²) in [5, 5.41) is 9.67. The SMILES string of the molecule is CC(C)CCc1ncnc2c1nc(CO)n2C1CCCCO1. The van der Waals surface area contributed by atoms with Crippen LogP contribution in [0, 0.1) is 5.92 Å². The number of hydrogen-bond acceptors (Lipinski definition) is 5. The van der Waals surface area contributed by atoms with Gasteiger partial charge in [-0.3, -0.25) is 4.57 Å². The summed E-state index contributed by atoms with van der Waals surface area (Å²) in [7, 11) is 0. The average Bonchev–Trinajstić information content (AvgIpc) is 2.92. The standard InChI is InChI=1S/C16H24N4O2/c1-11(2)6-7-12-15-16(18-10-17-12)20(13(9-21)19-15)14-5-3-4-8-22-14/h10-11,14,21H,3-9H2,1-2H3. The van der Waals surface area contributed by atoms with Gasteiger partial charge in [-0.2, -0.15) is 0 Å². The number of aliphatic hydroxyl groups is 1. The Bertz CT molecular complexity index is 632. The van der Waals surface area contributed by atoms with Gasteiger partial charge >= 0.3 is 0 Å².